The van der Waals surface area contributed by atoms with Gasteiger partial charge in [0.15, 0.2) is 0 Å². The lowest BCUT2D eigenvalue weighted by molar-refractivity contribution is 0.0952. The van der Waals surface area contributed by atoms with Gasteiger partial charge in [0.1, 0.15) is 0 Å². The van der Waals surface area contributed by atoms with Gasteiger partial charge in [-0.15, -0.1) is 0 Å². The molecule has 1 aromatic carbocycles. The molecule has 1 aromatic heterocycles. The number of aromatic nitrogens is 2. The van der Waals surface area contributed by atoms with Crippen LogP contribution in [-0.2, 0) is 6.54 Å². The Morgan fingerprint density at radius 2 is 2.05 bits per heavy atom. The monoisotopic (exact) mass is 350 g/mol. The van der Waals surface area contributed by atoms with Crippen molar-refractivity contribution in [3.63, 3.8) is 0 Å². The Balaban J connectivity index is 2.52. The number of nitrogens with one attached hydrogen (secondary N) is 1. The summed E-state index contributed by atoms with van der Waals surface area (Å²) in [7, 11) is 0. The van der Waals surface area contributed by atoms with Crippen molar-refractivity contribution in [2.75, 3.05) is 0 Å². The molecule has 1 heterocycles. The van der Waals surface area contributed by atoms with Gasteiger partial charge >= 0.3 is 5.69 Å². The van der Waals surface area contributed by atoms with E-state index in [9.17, 15) is 9.59 Å². The molecule has 0 bridgehead atoms. The zero-order valence-corrected chi connectivity index (χ0v) is 13.3. The minimum atomic E-state index is -0.393. The summed E-state index contributed by atoms with van der Waals surface area (Å²) in [6, 6.07) is 6.99. The molecule has 0 aliphatic rings. The third-order valence-corrected chi connectivity index (χ3v) is 4.40. The molecule has 2 aromatic rings. The van der Waals surface area contributed by atoms with E-state index < -0.39 is 5.91 Å². The number of carbonyl (C=O) groups excluding carboxylic acids is 1. The van der Waals surface area contributed by atoms with Crippen molar-refractivity contribution in [1.29, 1.82) is 0 Å². The molecule has 3 N–H and O–H groups in total. The molecule has 110 valence electrons. The van der Waals surface area contributed by atoms with Crippen LogP contribution in [0.3, 0.4) is 0 Å². The highest BCUT2D eigenvalue weighted by Crippen LogP contribution is 2.18. The summed E-state index contributed by atoms with van der Waals surface area (Å²) in [6.45, 7) is 3.84. The average molecular weight is 351 g/mol. The second kappa shape index (κ2) is 6.19. The molecule has 0 fully saturated rings. The van der Waals surface area contributed by atoms with E-state index in [0.717, 1.165) is 10.2 Å². The number of aryl methyl sites for hydroxylation is 1. The van der Waals surface area contributed by atoms with Crippen LogP contribution in [0.1, 0.15) is 27.3 Å². The van der Waals surface area contributed by atoms with Crippen LogP contribution in [0.15, 0.2) is 33.5 Å². The van der Waals surface area contributed by atoms with Gasteiger partial charge in [-0.25, -0.2) is 10.6 Å². The molecule has 21 heavy (non-hydrogen) atoms. The molecule has 0 aliphatic carbocycles. The van der Waals surface area contributed by atoms with E-state index in [0.29, 0.717) is 16.8 Å². The number of nitrogens with zero attached hydrogens (tertiary/aromatic N) is 2. The van der Waals surface area contributed by atoms with Crippen LogP contribution in [0.25, 0.3) is 0 Å². The van der Waals surface area contributed by atoms with Crippen molar-refractivity contribution in [2.24, 2.45) is 5.84 Å². The maximum atomic E-state index is 12.1. The first-order chi connectivity index (χ1) is 9.95. The molecule has 0 aliphatic heterocycles. The number of benzene rings is 1. The topological polar surface area (TPSA) is 90.0 Å². The lowest BCUT2D eigenvalue weighted by Crippen LogP contribution is -2.32. The standard InChI is InChI=1S/C14H15BrN4O2/c1-8-12(15)9(2)19(14(21)17-8)7-10-5-3-4-6-11(10)13(20)18-16/h3-6H,7,16H2,1-2H3,(H,18,20). The van der Waals surface area contributed by atoms with Crippen molar-refractivity contribution in [2.45, 2.75) is 20.4 Å². The van der Waals surface area contributed by atoms with E-state index in [2.05, 4.69) is 26.3 Å². The van der Waals surface area contributed by atoms with Gasteiger partial charge in [0.05, 0.1) is 16.7 Å². The van der Waals surface area contributed by atoms with Gasteiger partial charge in [0.2, 0.25) is 0 Å². The third-order valence-electron chi connectivity index (χ3n) is 3.26. The van der Waals surface area contributed by atoms with Crippen LogP contribution in [0.4, 0.5) is 0 Å². The van der Waals surface area contributed by atoms with Gasteiger partial charge in [0.25, 0.3) is 5.91 Å². The predicted molar refractivity (Wildman–Crippen MR) is 82.9 cm³/mol. The number of nitrogen functional groups attached to an aromatic ring is 1. The fourth-order valence-corrected chi connectivity index (χ4v) is 2.39. The SMILES string of the molecule is Cc1nc(=O)n(Cc2ccccc2C(=O)NN)c(C)c1Br. The number of hydrogen-bond donors (Lipinski definition) is 2. The number of hydrazine groups is 1. The maximum absolute atomic E-state index is 12.1. The van der Waals surface area contributed by atoms with Crippen molar-refractivity contribution in [1.82, 2.24) is 15.0 Å². The summed E-state index contributed by atoms with van der Waals surface area (Å²) in [5, 5.41) is 0. The minimum Gasteiger partial charge on any atom is -0.291 e. The van der Waals surface area contributed by atoms with Gasteiger partial charge < -0.3 is 0 Å². The van der Waals surface area contributed by atoms with E-state index in [-0.39, 0.29) is 12.2 Å². The van der Waals surface area contributed by atoms with E-state index in [1.807, 2.05) is 6.92 Å². The molecule has 0 spiro atoms. The van der Waals surface area contributed by atoms with Gasteiger partial charge in [-0.3, -0.25) is 14.8 Å². The van der Waals surface area contributed by atoms with Crippen molar-refractivity contribution in [3.05, 3.63) is 61.7 Å². The predicted octanol–water partition coefficient (Wildman–Crippen LogP) is 1.27. The number of rotatable bonds is 3. The van der Waals surface area contributed by atoms with Crippen LogP contribution in [0.2, 0.25) is 0 Å². The Morgan fingerprint density at radius 1 is 1.38 bits per heavy atom. The molecular weight excluding hydrogens is 336 g/mol. The molecular formula is C14H15BrN4O2. The summed E-state index contributed by atoms with van der Waals surface area (Å²) in [4.78, 5) is 27.8. The first-order valence-corrected chi connectivity index (χ1v) is 7.07. The second-order valence-corrected chi connectivity index (χ2v) is 5.39. The Labute approximate surface area is 130 Å². The quantitative estimate of drug-likeness (QED) is 0.495. The molecule has 0 radical (unpaired) electrons. The van der Waals surface area contributed by atoms with Crippen LogP contribution in [0, 0.1) is 13.8 Å². The first-order valence-electron chi connectivity index (χ1n) is 6.28. The lowest BCUT2D eigenvalue weighted by Gasteiger charge is -2.14. The van der Waals surface area contributed by atoms with Crippen LogP contribution in [-0.4, -0.2) is 15.5 Å². The first kappa shape index (κ1) is 15.4. The lowest BCUT2D eigenvalue weighted by atomic mass is 10.1. The van der Waals surface area contributed by atoms with Gasteiger partial charge in [0, 0.05) is 11.3 Å². The number of carbonyl (C=O) groups is 1. The normalized spacial score (nSPS) is 10.5. The minimum absolute atomic E-state index is 0.250. The number of halogens is 1. The fourth-order valence-electron chi connectivity index (χ4n) is 2.09. The average Bonchev–Trinajstić information content (AvgIpc) is 2.49. The van der Waals surface area contributed by atoms with E-state index in [1.165, 1.54) is 4.57 Å². The number of nitrogens with two attached hydrogens (primary N) is 1. The maximum Gasteiger partial charge on any atom is 0.348 e. The third kappa shape index (κ3) is 3.03. The summed E-state index contributed by atoms with van der Waals surface area (Å²) in [5.74, 6) is 4.79. The van der Waals surface area contributed by atoms with Gasteiger partial charge in [-0.1, -0.05) is 18.2 Å². The van der Waals surface area contributed by atoms with Gasteiger partial charge in [-0.2, -0.15) is 4.98 Å². The molecule has 2 rings (SSSR count). The Morgan fingerprint density at radius 3 is 2.71 bits per heavy atom. The zero-order valence-electron chi connectivity index (χ0n) is 11.7. The summed E-state index contributed by atoms with van der Waals surface area (Å²) in [6.07, 6.45) is 0. The van der Waals surface area contributed by atoms with Crippen molar-refractivity contribution < 1.29 is 4.79 Å². The number of hydrogen-bond acceptors (Lipinski definition) is 4. The second-order valence-electron chi connectivity index (χ2n) is 4.60. The highest BCUT2D eigenvalue weighted by molar-refractivity contribution is 9.10. The fraction of sp³-hybridized carbons (Fsp3) is 0.214. The number of amides is 1. The van der Waals surface area contributed by atoms with Crippen molar-refractivity contribution in [3.8, 4) is 0 Å². The van der Waals surface area contributed by atoms with E-state index >= 15 is 0 Å². The molecule has 0 saturated heterocycles. The van der Waals surface area contributed by atoms with Gasteiger partial charge in [-0.05, 0) is 41.4 Å². The molecule has 0 saturated carbocycles. The Kier molecular flexibility index (Phi) is 4.54. The Bertz CT molecular complexity index is 755. The largest absolute Gasteiger partial charge is 0.348 e. The molecule has 7 heteroatoms. The molecule has 0 unspecified atom stereocenters. The van der Waals surface area contributed by atoms with Crippen molar-refractivity contribution >= 4 is 21.8 Å². The van der Waals surface area contributed by atoms with Crippen LogP contribution in [0.5, 0.6) is 0 Å². The molecule has 1 amide bonds. The Hall–Kier alpha value is -1.99. The van der Waals surface area contributed by atoms with E-state index in [4.69, 9.17) is 5.84 Å². The smallest absolute Gasteiger partial charge is 0.291 e. The van der Waals surface area contributed by atoms with Crippen LogP contribution < -0.4 is 17.0 Å². The highest BCUT2D eigenvalue weighted by atomic mass is 79.9. The highest BCUT2D eigenvalue weighted by Gasteiger charge is 2.14. The van der Waals surface area contributed by atoms with E-state index in [1.54, 1.807) is 31.2 Å². The summed E-state index contributed by atoms with van der Waals surface area (Å²) >= 11 is 3.42. The zero-order chi connectivity index (χ0) is 15.6. The summed E-state index contributed by atoms with van der Waals surface area (Å²) < 4.78 is 2.29. The molecule has 0 atom stereocenters. The molecule has 6 nitrogen and oxygen atoms in total. The van der Waals surface area contributed by atoms with Crippen LogP contribution >= 0.6 is 15.9 Å². The summed E-state index contributed by atoms with van der Waals surface area (Å²) in [5.41, 5.74) is 4.29.